The third-order valence-corrected chi connectivity index (χ3v) is 4.25. The summed E-state index contributed by atoms with van der Waals surface area (Å²) in [6.45, 7) is 4.31. The Morgan fingerprint density at radius 2 is 1.90 bits per heavy atom. The van der Waals surface area contributed by atoms with E-state index in [9.17, 15) is 0 Å². The summed E-state index contributed by atoms with van der Waals surface area (Å²) in [6.07, 6.45) is 2.94. The number of fused-ring (bicyclic) bond motifs is 1. The number of nitrogens with one attached hydrogen (secondary N) is 1. The zero-order chi connectivity index (χ0) is 14.8. The average molecular weight is 279 g/mol. The van der Waals surface area contributed by atoms with Crippen molar-refractivity contribution < 1.29 is 0 Å². The van der Waals surface area contributed by atoms with Gasteiger partial charge in [-0.25, -0.2) is 4.98 Å². The Kier molecular flexibility index (Phi) is 3.76. The Morgan fingerprint density at radius 3 is 2.71 bits per heavy atom. The van der Waals surface area contributed by atoms with Gasteiger partial charge in [-0.1, -0.05) is 62.7 Å². The SMILES string of the molecule is CCC(C)C(N)c1ncc(-c2cccc3ccccc23)[nH]1. The van der Waals surface area contributed by atoms with Crippen LogP contribution in [0.1, 0.15) is 32.1 Å². The fourth-order valence-electron chi connectivity index (χ4n) is 2.63. The number of hydrogen-bond donors (Lipinski definition) is 2. The van der Waals surface area contributed by atoms with Gasteiger partial charge in [0.1, 0.15) is 5.82 Å². The number of hydrogen-bond acceptors (Lipinski definition) is 2. The van der Waals surface area contributed by atoms with E-state index in [-0.39, 0.29) is 6.04 Å². The largest absolute Gasteiger partial charge is 0.341 e. The zero-order valence-corrected chi connectivity index (χ0v) is 12.5. The van der Waals surface area contributed by atoms with E-state index in [2.05, 4.69) is 66.3 Å². The second-order valence-corrected chi connectivity index (χ2v) is 5.62. The van der Waals surface area contributed by atoms with Gasteiger partial charge in [0.25, 0.3) is 0 Å². The van der Waals surface area contributed by atoms with Crippen molar-refractivity contribution in [3.05, 3.63) is 54.5 Å². The second kappa shape index (κ2) is 5.70. The monoisotopic (exact) mass is 279 g/mol. The number of nitrogens with zero attached hydrogens (tertiary/aromatic N) is 1. The lowest BCUT2D eigenvalue weighted by molar-refractivity contribution is 0.441. The Morgan fingerprint density at radius 1 is 1.14 bits per heavy atom. The first-order valence-corrected chi connectivity index (χ1v) is 7.49. The van der Waals surface area contributed by atoms with Gasteiger partial charge in [0.05, 0.1) is 17.9 Å². The molecule has 0 aliphatic rings. The Balaban J connectivity index is 2.02. The van der Waals surface area contributed by atoms with E-state index in [0.717, 1.165) is 17.9 Å². The van der Waals surface area contributed by atoms with Gasteiger partial charge in [-0.2, -0.15) is 0 Å². The number of rotatable bonds is 4. The van der Waals surface area contributed by atoms with Crippen LogP contribution in [-0.4, -0.2) is 9.97 Å². The van der Waals surface area contributed by atoms with Gasteiger partial charge in [-0.3, -0.25) is 0 Å². The van der Waals surface area contributed by atoms with Crippen LogP contribution in [0.5, 0.6) is 0 Å². The minimum absolute atomic E-state index is 0.0428. The van der Waals surface area contributed by atoms with Crippen LogP contribution < -0.4 is 5.73 Å². The molecule has 1 aromatic heterocycles. The summed E-state index contributed by atoms with van der Waals surface area (Å²) in [7, 11) is 0. The summed E-state index contributed by atoms with van der Waals surface area (Å²) in [5.41, 5.74) is 8.46. The van der Waals surface area contributed by atoms with Crippen molar-refractivity contribution in [3.8, 4) is 11.3 Å². The van der Waals surface area contributed by atoms with Crippen molar-refractivity contribution in [2.75, 3.05) is 0 Å². The number of benzene rings is 2. The van der Waals surface area contributed by atoms with Gasteiger partial charge in [-0.05, 0) is 16.7 Å². The topological polar surface area (TPSA) is 54.7 Å². The molecule has 3 nitrogen and oxygen atoms in total. The molecule has 3 rings (SSSR count). The van der Waals surface area contributed by atoms with E-state index in [1.165, 1.54) is 16.3 Å². The van der Waals surface area contributed by atoms with E-state index in [1.807, 2.05) is 6.20 Å². The quantitative estimate of drug-likeness (QED) is 0.749. The molecule has 108 valence electrons. The molecule has 0 saturated carbocycles. The fourth-order valence-corrected chi connectivity index (χ4v) is 2.63. The fraction of sp³-hybridized carbons (Fsp3) is 0.278. The van der Waals surface area contributed by atoms with E-state index in [0.29, 0.717) is 5.92 Å². The van der Waals surface area contributed by atoms with E-state index < -0.39 is 0 Å². The summed E-state index contributed by atoms with van der Waals surface area (Å²) in [5.74, 6) is 1.28. The molecule has 0 fully saturated rings. The lowest BCUT2D eigenvalue weighted by Crippen LogP contribution is -2.19. The van der Waals surface area contributed by atoms with Crippen molar-refractivity contribution in [1.82, 2.24) is 9.97 Å². The average Bonchev–Trinajstić information content (AvgIpc) is 3.02. The molecule has 3 N–H and O–H groups in total. The number of imidazole rings is 1. The maximum atomic E-state index is 6.26. The van der Waals surface area contributed by atoms with Gasteiger partial charge in [0, 0.05) is 5.56 Å². The first-order valence-electron chi connectivity index (χ1n) is 7.49. The zero-order valence-electron chi connectivity index (χ0n) is 12.5. The highest BCUT2D eigenvalue weighted by Gasteiger charge is 2.17. The Labute approximate surface area is 125 Å². The highest BCUT2D eigenvalue weighted by atomic mass is 15.0. The molecule has 3 aromatic rings. The highest BCUT2D eigenvalue weighted by molar-refractivity contribution is 5.95. The van der Waals surface area contributed by atoms with E-state index >= 15 is 0 Å². The third-order valence-electron chi connectivity index (χ3n) is 4.25. The number of H-pyrrole nitrogens is 1. The molecule has 0 aliphatic heterocycles. The normalized spacial score (nSPS) is 14.2. The van der Waals surface area contributed by atoms with Gasteiger partial charge in [0.15, 0.2) is 0 Å². The molecule has 0 aliphatic carbocycles. The molecular formula is C18H21N3. The van der Waals surface area contributed by atoms with Crippen LogP contribution in [0.25, 0.3) is 22.0 Å². The molecule has 3 heteroatoms. The summed E-state index contributed by atoms with van der Waals surface area (Å²) in [4.78, 5) is 7.89. The third kappa shape index (κ3) is 2.57. The maximum Gasteiger partial charge on any atom is 0.123 e. The number of aromatic nitrogens is 2. The summed E-state index contributed by atoms with van der Waals surface area (Å²) < 4.78 is 0. The number of aromatic amines is 1. The maximum absolute atomic E-state index is 6.26. The van der Waals surface area contributed by atoms with Crippen molar-refractivity contribution in [1.29, 1.82) is 0 Å². The summed E-state index contributed by atoms with van der Waals surface area (Å²) in [6, 6.07) is 14.7. The van der Waals surface area contributed by atoms with E-state index in [1.54, 1.807) is 0 Å². The van der Waals surface area contributed by atoms with Crippen molar-refractivity contribution in [3.63, 3.8) is 0 Å². The first kappa shape index (κ1) is 13.8. The first-order chi connectivity index (χ1) is 10.2. The lowest BCUT2D eigenvalue weighted by atomic mass is 10.00. The van der Waals surface area contributed by atoms with Gasteiger partial charge in [-0.15, -0.1) is 0 Å². The molecule has 21 heavy (non-hydrogen) atoms. The Hall–Kier alpha value is -2.13. The number of nitrogens with two attached hydrogens (primary N) is 1. The lowest BCUT2D eigenvalue weighted by Gasteiger charge is -2.15. The van der Waals surface area contributed by atoms with E-state index in [4.69, 9.17) is 5.73 Å². The van der Waals surface area contributed by atoms with Crippen LogP contribution in [-0.2, 0) is 0 Å². The van der Waals surface area contributed by atoms with Crippen LogP contribution in [0, 0.1) is 5.92 Å². The molecule has 0 amide bonds. The van der Waals surface area contributed by atoms with Crippen LogP contribution >= 0.6 is 0 Å². The van der Waals surface area contributed by atoms with Gasteiger partial charge >= 0.3 is 0 Å². The van der Waals surface area contributed by atoms with Gasteiger partial charge in [0.2, 0.25) is 0 Å². The summed E-state index contributed by atoms with van der Waals surface area (Å²) in [5, 5.41) is 2.46. The molecule has 2 atom stereocenters. The second-order valence-electron chi connectivity index (χ2n) is 5.62. The summed E-state index contributed by atoms with van der Waals surface area (Å²) >= 11 is 0. The van der Waals surface area contributed by atoms with Crippen LogP contribution in [0.2, 0.25) is 0 Å². The van der Waals surface area contributed by atoms with Crippen LogP contribution in [0.3, 0.4) is 0 Å². The standard InChI is InChI=1S/C18H21N3/c1-3-12(2)17(19)18-20-11-16(21-18)15-10-6-8-13-7-4-5-9-14(13)15/h4-12,17H,3,19H2,1-2H3,(H,20,21). The molecule has 1 heterocycles. The molecule has 2 aromatic carbocycles. The van der Waals surface area contributed by atoms with Crippen molar-refractivity contribution >= 4 is 10.8 Å². The predicted molar refractivity (Wildman–Crippen MR) is 87.9 cm³/mol. The van der Waals surface area contributed by atoms with Crippen LogP contribution in [0.15, 0.2) is 48.7 Å². The highest BCUT2D eigenvalue weighted by Crippen LogP contribution is 2.28. The molecule has 0 saturated heterocycles. The predicted octanol–water partition coefficient (Wildman–Crippen LogP) is 4.28. The van der Waals surface area contributed by atoms with Gasteiger partial charge < -0.3 is 10.7 Å². The van der Waals surface area contributed by atoms with Crippen LogP contribution in [0.4, 0.5) is 0 Å². The minimum Gasteiger partial charge on any atom is -0.341 e. The molecule has 0 radical (unpaired) electrons. The molecule has 0 bridgehead atoms. The van der Waals surface area contributed by atoms with Crippen molar-refractivity contribution in [2.45, 2.75) is 26.3 Å². The Bertz CT molecular complexity index is 740. The molecule has 2 unspecified atom stereocenters. The van der Waals surface area contributed by atoms with Crippen molar-refractivity contribution in [2.24, 2.45) is 11.7 Å². The minimum atomic E-state index is -0.0428. The molecule has 0 spiro atoms. The molecular weight excluding hydrogens is 258 g/mol. The smallest absolute Gasteiger partial charge is 0.123 e.